The summed E-state index contributed by atoms with van der Waals surface area (Å²) >= 11 is 0. The molecule has 0 atom stereocenters. The minimum atomic E-state index is -0.0338. The first-order valence-corrected chi connectivity index (χ1v) is 9.94. The zero-order valence-electron chi connectivity index (χ0n) is 16.3. The van der Waals surface area contributed by atoms with E-state index in [0.29, 0.717) is 11.5 Å². The van der Waals surface area contributed by atoms with E-state index in [2.05, 4.69) is 58.3 Å². The quantitative estimate of drug-likeness (QED) is 0.762. The summed E-state index contributed by atoms with van der Waals surface area (Å²) in [6.45, 7) is 7.92. The summed E-state index contributed by atoms with van der Waals surface area (Å²) in [5.74, 6) is 0.601. The van der Waals surface area contributed by atoms with Crippen molar-refractivity contribution in [1.82, 2.24) is 14.9 Å². The number of nitrogens with one attached hydrogen (secondary N) is 1. The lowest BCUT2D eigenvalue weighted by Crippen LogP contribution is -2.33. The number of rotatable bonds is 8. The van der Waals surface area contributed by atoms with E-state index >= 15 is 0 Å². The van der Waals surface area contributed by atoms with Gasteiger partial charge in [0.2, 0.25) is 0 Å². The Balaban J connectivity index is 1.68. The van der Waals surface area contributed by atoms with Gasteiger partial charge in [0.15, 0.2) is 0 Å². The van der Waals surface area contributed by atoms with E-state index in [4.69, 9.17) is 0 Å². The molecule has 2 heterocycles. The molecule has 1 N–H and O–H groups in total. The molecule has 0 radical (unpaired) electrons. The van der Waals surface area contributed by atoms with Crippen LogP contribution in [0.5, 0.6) is 0 Å². The third-order valence-electron chi connectivity index (χ3n) is 4.77. The molecule has 0 spiro atoms. The number of benzene rings is 1. The molecule has 1 aliphatic rings. The van der Waals surface area contributed by atoms with Crippen LogP contribution in [0.15, 0.2) is 36.7 Å². The minimum absolute atomic E-state index is 0.0338. The standard InChI is InChI=1S/C21H29N5O/c1-3-11-26(12-4-2)21(27)19-15-20(23-16-22-19)24-17-7-9-18(10-8-17)25-13-5-6-14-25/h7-10,15-16H,3-6,11-14H2,1-2H3,(H,22,23,24). The number of aromatic nitrogens is 2. The number of anilines is 3. The summed E-state index contributed by atoms with van der Waals surface area (Å²) < 4.78 is 0. The topological polar surface area (TPSA) is 61.4 Å². The average molecular weight is 367 g/mol. The van der Waals surface area contributed by atoms with Gasteiger partial charge in [0.1, 0.15) is 17.8 Å². The van der Waals surface area contributed by atoms with E-state index in [1.165, 1.54) is 24.9 Å². The Morgan fingerprint density at radius 3 is 2.37 bits per heavy atom. The molecule has 1 aromatic carbocycles. The third kappa shape index (κ3) is 4.96. The molecule has 27 heavy (non-hydrogen) atoms. The fourth-order valence-electron chi connectivity index (χ4n) is 3.44. The van der Waals surface area contributed by atoms with Gasteiger partial charge in [0.25, 0.3) is 5.91 Å². The van der Waals surface area contributed by atoms with E-state index in [9.17, 15) is 4.79 Å². The highest BCUT2D eigenvalue weighted by Crippen LogP contribution is 2.23. The van der Waals surface area contributed by atoms with Gasteiger partial charge in [-0.3, -0.25) is 4.79 Å². The van der Waals surface area contributed by atoms with Crippen molar-refractivity contribution in [2.75, 3.05) is 36.4 Å². The molecule has 1 saturated heterocycles. The van der Waals surface area contributed by atoms with Crippen molar-refractivity contribution in [3.05, 3.63) is 42.4 Å². The Morgan fingerprint density at radius 1 is 1.07 bits per heavy atom. The van der Waals surface area contributed by atoms with Crippen LogP contribution in [0.1, 0.15) is 50.0 Å². The van der Waals surface area contributed by atoms with Crippen molar-refractivity contribution in [3.8, 4) is 0 Å². The van der Waals surface area contributed by atoms with Crippen molar-refractivity contribution in [3.63, 3.8) is 0 Å². The second kappa shape index (κ2) is 9.35. The van der Waals surface area contributed by atoms with E-state index in [-0.39, 0.29) is 5.91 Å². The number of nitrogens with zero attached hydrogens (tertiary/aromatic N) is 4. The van der Waals surface area contributed by atoms with Crippen LogP contribution in [0.2, 0.25) is 0 Å². The average Bonchev–Trinajstić information content (AvgIpc) is 3.23. The van der Waals surface area contributed by atoms with Crippen molar-refractivity contribution in [2.45, 2.75) is 39.5 Å². The molecule has 0 aliphatic carbocycles. The van der Waals surface area contributed by atoms with Gasteiger partial charge in [-0.1, -0.05) is 13.8 Å². The molecule has 0 saturated carbocycles. The lowest BCUT2D eigenvalue weighted by atomic mass is 10.2. The third-order valence-corrected chi connectivity index (χ3v) is 4.77. The van der Waals surface area contributed by atoms with Crippen molar-refractivity contribution < 1.29 is 4.79 Å². The molecule has 144 valence electrons. The Bertz CT molecular complexity index is 734. The van der Waals surface area contributed by atoms with Crippen LogP contribution in [0, 0.1) is 0 Å². The Hall–Kier alpha value is -2.63. The normalized spacial score (nSPS) is 13.6. The van der Waals surface area contributed by atoms with Crippen molar-refractivity contribution in [2.24, 2.45) is 0 Å². The van der Waals surface area contributed by atoms with Crippen molar-refractivity contribution in [1.29, 1.82) is 0 Å². The van der Waals surface area contributed by atoms with Gasteiger partial charge < -0.3 is 15.1 Å². The molecular formula is C21H29N5O. The van der Waals surface area contributed by atoms with Gasteiger partial charge >= 0.3 is 0 Å². The van der Waals surface area contributed by atoms with Gasteiger partial charge in [-0.25, -0.2) is 9.97 Å². The van der Waals surface area contributed by atoms with Crippen LogP contribution in [0.3, 0.4) is 0 Å². The van der Waals surface area contributed by atoms with Gasteiger partial charge in [-0.05, 0) is 49.9 Å². The highest BCUT2D eigenvalue weighted by molar-refractivity contribution is 5.93. The van der Waals surface area contributed by atoms with Gasteiger partial charge in [0.05, 0.1) is 0 Å². The molecule has 0 bridgehead atoms. The monoisotopic (exact) mass is 367 g/mol. The summed E-state index contributed by atoms with van der Waals surface area (Å²) in [7, 11) is 0. The number of carbonyl (C=O) groups excluding carboxylic acids is 1. The second-order valence-electron chi connectivity index (χ2n) is 6.95. The number of hydrogen-bond donors (Lipinski definition) is 1. The number of amides is 1. The summed E-state index contributed by atoms with van der Waals surface area (Å²) in [5.41, 5.74) is 2.64. The fraction of sp³-hybridized carbons (Fsp3) is 0.476. The molecule has 3 rings (SSSR count). The molecule has 6 nitrogen and oxygen atoms in total. The van der Waals surface area contributed by atoms with E-state index in [0.717, 1.165) is 44.7 Å². The van der Waals surface area contributed by atoms with Crippen LogP contribution in [0.25, 0.3) is 0 Å². The Morgan fingerprint density at radius 2 is 1.74 bits per heavy atom. The molecule has 0 unspecified atom stereocenters. The van der Waals surface area contributed by atoms with Crippen LogP contribution >= 0.6 is 0 Å². The second-order valence-corrected chi connectivity index (χ2v) is 6.95. The number of hydrogen-bond acceptors (Lipinski definition) is 5. The highest BCUT2D eigenvalue weighted by Gasteiger charge is 2.16. The molecule has 1 fully saturated rings. The molecule has 1 aliphatic heterocycles. The largest absolute Gasteiger partial charge is 0.372 e. The smallest absolute Gasteiger partial charge is 0.272 e. The maximum absolute atomic E-state index is 12.7. The maximum atomic E-state index is 12.7. The van der Waals surface area contributed by atoms with Crippen LogP contribution in [-0.2, 0) is 0 Å². The summed E-state index contributed by atoms with van der Waals surface area (Å²) in [4.78, 5) is 25.4. The van der Waals surface area contributed by atoms with E-state index in [1.54, 1.807) is 6.07 Å². The van der Waals surface area contributed by atoms with Gasteiger partial charge in [-0.15, -0.1) is 0 Å². The maximum Gasteiger partial charge on any atom is 0.272 e. The Labute approximate surface area is 161 Å². The van der Waals surface area contributed by atoms with Gasteiger partial charge in [0, 0.05) is 43.6 Å². The van der Waals surface area contributed by atoms with Crippen LogP contribution in [-0.4, -0.2) is 47.0 Å². The predicted molar refractivity (Wildman–Crippen MR) is 110 cm³/mol. The summed E-state index contributed by atoms with van der Waals surface area (Å²) in [5, 5.41) is 3.28. The highest BCUT2D eigenvalue weighted by atomic mass is 16.2. The van der Waals surface area contributed by atoms with E-state index < -0.39 is 0 Å². The predicted octanol–water partition coefficient (Wildman–Crippen LogP) is 4.08. The van der Waals surface area contributed by atoms with Crippen molar-refractivity contribution >= 4 is 23.1 Å². The first-order valence-electron chi connectivity index (χ1n) is 9.94. The van der Waals surface area contributed by atoms with E-state index in [1.807, 2.05) is 4.90 Å². The number of carbonyl (C=O) groups is 1. The molecule has 6 heteroatoms. The first-order chi connectivity index (χ1) is 13.2. The lowest BCUT2D eigenvalue weighted by Gasteiger charge is -2.21. The lowest BCUT2D eigenvalue weighted by molar-refractivity contribution is 0.0749. The molecule has 1 aromatic heterocycles. The summed E-state index contributed by atoms with van der Waals surface area (Å²) in [6.07, 6.45) is 5.86. The van der Waals surface area contributed by atoms with Crippen LogP contribution in [0.4, 0.5) is 17.2 Å². The first kappa shape index (κ1) is 19.1. The SMILES string of the molecule is CCCN(CCC)C(=O)c1cc(Nc2ccc(N3CCCC3)cc2)ncn1. The minimum Gasteiger partial charge on any atom is -0.372 e. The van der Waals surface area contributed by atoms with Gasteiger partial charge in [-0.2, -0.15) is 0 Å². The molecule has 1 amide bonds. The molecule has 2 aromatic rings. The summed E-state index contributed by atoms with van der Waals surface area (Å²) in [6, 6.07) is 10.1. The zero-order valence-corrected chi connectivity index (χ0v) is 16.3. The zero-order chi connectivity index (χ0) is 19.1. The fourth-order valence-corrected chi connectivity index (χ4v) is 3.44. The Kier molecular flexibility index (Phi) is 6.63. The molecular weight excluding hydrogens is 338 g/mol. The van der Waals surface area contributed by atoms with Crippen LogP contribution < -0.4 is 10.2 Å².